The number of benzene rings is 1. The van der Waals surface area contributed by atoms with Gasteiger partial charge in [-0.1, -0.05) is 12.1 Å². The summed E-state index contributed by atoms with van der Waals surface area (Å²) >= 11 is 0. The SMILES string of the molecule is COC(=O)c1ccccc1-n1nc(C(=O)O)c(C)c1N. The Morgan fingerprint density at radius 1 is 1.35 bits per heavy atom. The highest BCUT2D eigenvalue weighted by atomic mass is 16.5. The molecule has 0 aliphatic heterocycles. The highest BCUT2D eigenvalue weighted by Crippen LogP contribution is 2.23. The van der Waals surface area contributed by atoms with Gasteiger partial charge < -0.3 is 15.6 Å². The molecule has 104 valence electrons. The van der Waals surface area contributed by atoms with Gasteiger partial charge in [0.05, 0.1) is 18.4 Å². The number of anilines is 1. The van der Waals surface area contributed by atoms with Crippen LogP contribution in [0.5, 0.6) is 0 Å². The topological polar surface area (TPSA) is 107 Å². The third-order valence-corrected chi connectivity index (χ3v) is 2.91. The number of ether oxygens (including phenoxy) is 1. The number of aromatic carboxylic acids is 1. The van der Waals surface area contributed by atoms with Crippen molar-refractivity contribution in [2.24, 2.45) is 0 Å². The highest BCUT2D eigenvalue weighted by molar-refractivity contribution is 5.94. The maximum Gasteiger partial charge on any atom is 0.356 e. The molecule has 2 aromatic rings. The van der Waals surface area contributed by atoms with Gasteiger partial charge in [-0.3, -0.25) is 0 Å². The number of carbonyl (C=O) groups is 2. The van der Waals surface area contributed by atoms with E-state index >= 15 is 0 Å². The number of nitrogen functional groups attached to an aromatic ring is 1. The molecular formula is C13H13N3O4. The number of carboxylic acids is 1. The highest BCUT2D eigenvalue weighted by Gasteiger charge is 2.21. The molecular weight excluding hydrogens is 262 g/mol. The second-order valence-corrected chi connectivity index (χ2v) is 4.08. The van der Waals surface area contributed by atoms with Crippen LogP contribution in [0.25, 0.3) is 5.69 Å². The van der Waals surface area contributed by atoms with E-state index in [1.54, 1.807) is 31.2 Å². The molecule has 20 heavy (non-hydrogen) atoms. The maximum atomic E-state index is 11.7. The summed E-state index contributed by atoms with van der Waals surface area (Å²) in [7, 11) is 1.26. The molecule has 0 unspecified atom stereocenters. The molecule has 0 bridgehead atoms. The van der Waals surface area contributed by atoms with Crippen LogP contribution in [0.4, 0.5) is 5.82 Å². The molecule has 0 aliphatic rings. The van der Waals surface area contributed by atoms with Crippen LogP contribution in [-0.2, 0) is 4.74 Å². The van der Waals surface area contributed by atoms with Crippen LogP contribution in [0.15, 0.2) is 24.3 Å². The van der Waals surface area contributed by atoms with Gasteiger partial charge in [-0.2, -0.15) is 5.10 Å². The number of esters is 1. The van der Waals surface area contributed by atoms with Crippen LogP contribution in [0, 0.1) is 6.92 Å². The van der Waals surface area contributed by atoms with E-state index in [4.69, 9.17) is 10.8 Å². The fourth-order valence-corrected chi connectivity index (χ4v) is 1.84. The molecule has 0 radical (unpaired) electrons. The number of carbonyl (C=O) groups excluding carboxylic acids is 1. The van der Waals surface area contributed by atoms with Gasteiger partial charge in [0.1, 0.15) is 5.82 Å². The largest absolute Gasteiger partial charge is 0.476 e. The summed E-state index contributed by atoms with van der Waals surface area (Å²) in [6.45, 7) is 1.56. The summed E-state index contributed by atoms with van der Waals surface area (Å²) in [6, 6.07) is 6.53. The third kappa shape index (κ3) is 2.09. The number of carboxylic acid groups (broad SMARTS) is 1. The molecule has 0 aliphatic carbocycles. The van der Waals surface area contributed by atoms with E-state index in [1.165, 1.54) is 11.8 Å². The van der Waals surface area contributed by atoms with Crippen LogP contribution in [0.3, 0.4) is 0 Å². The Labute approximate surface area is 114 Å². The van der Waals surface area contributed by atoms with E-state index in [1.807, 2.05) is 0 Å². The van der Waals surface area contributed by atoms with Crippen molar-refractivity contribution in [3.63, 3.8) is 0 Å². The Morgan fingerprint density at radius 2 is 2.00 bits per heavy atom. The van der Waals surface area contributed by atoms with Crippen molar-refractivity contribution in [2.75, 3.05) is 12.8 Å². The molecule has 0 amide bonds. The molecule has 3 N–H and O–H groups in total. The van der Waals surface area contributed by atoms with Gasteiger partial charge in [0.15, 0.2) is 5.69 Å². The molecule has 1 heterocycles. The van der Waals surface area contributed by atoms with E-state index in [2.05, 4.69) is 9.84 Å². The van der Waals surface area contributed by atoms with E-state index in [-0.39, 0.29) is 17.1 Å². The number of rotatable bonds is 3. The molecule has 0 fully saturated rings. The van der Waals surface area contributed by atoms with E-state index < -0.39 is 11.9 Å². The standard InChI is InChI=1S/C13H13N3O4/c1-7-10(12(17)18)15-16(11(7)14)9-6-4-3-5-8(9)13(19)20-2/h3-6H,14H2,1-2H3,(H,17,18). The first-order chi connectivity index (χ1) is 9.47. The normalized spacial score (nSPS) is 10.3. The van der Waals surface area contributed by atoms with Gasteiger partial charge in [-0.05, 0) is 19.1 Å². The van der Waals surface area contributed by atoms with Crippen molar-refractivity contribution >= 4 is 17.8 Å². The van der Waals surface area contributed by atoms with Crippen LogP contribution in [0.1, 0.15) is 26.4 Å². The molecule has 0 spiro atoms. The Hall–Kier alpha value is -2.83. The first-order valence-electron chi connectivity index (χ1n) is 5.73. The third-order valence-electron chi connectivity index (χ3n) is 2.91. The van der Waals surface area contributed by atoms with Gasteiger partial charge in [-0.25, -0.2) is 14.3 Å². The number of hydrogen-bond donors (Lipinski definition) is 2. The van der Waals surface area contributed by atoms with Crippen molar-refractivity contribution in [3.8, 4) is 5.69 Å². The molecule has 0 saturated carbocycles. The average molecular weight is 275 g/mol. The fraction of sp³-hybridized carbons (Fsp3) is 0.154. The summed E-state index contributed by atoms with van der Waals surface area (Å²) < 4.78 is 5.91. The van der Waals surface area contributed by atoms with Crippen LogP contribution in [-0.4, -0.2) is 33.9 Å². The van der Waals surface area contributed by atoms with Crippen molar-refractivity contribution in [3.05, 3.63) is 41.1 Å². The first kappa shape index (κ1) is 13.6. The Balaban J connectivity index is 2.67. The quantitative estimate of drug-likeness (QED) is 0.816. The predicted molar refractivity (Wildman–Crippen MR) is 71.0 cm³/mol. The minimum absolute atomic E-state index is 0.151. The number of aromatic nitrogens is 2. The lowest BCUT2D eigenvalue weighted by Crippen LogP contribution is -2.11. The number of nitrogens with two attached hydrogens (primary N) is 1. The van der Waals surface area contributed by atoms with Crippen molar-refractivity contribution < 1.29 is 19.4 Å². The van der Waals surface area contributed by atoms with E-state index in [0.29, 0.717) is 11.3 Å². The molecule has 1 aromatic carbocycles. The average Bonchev–Trinajstić information content (AvgIpc) is 2.74. The Kier molecular flexibility index (Phi) is 3.43. The summed E-state index contributed by atoms with van der Waals surface area (Å²) in [5.41, 5.74) is 6.68. The lowest BCUT2D eigenvalue weighted by atomic mass is 10.2. The van der Waals surface area contributed by atoms with Crippen LogP contribution < -0.4 is 5.73 Å². The predicted octanol–water partition coefficient (Wildman–Crippen LogP) is 1.25. The van der Waals surface area contributed by atoms with E-state index in [9.17, 15) is 9.59 Å². The number of hydrogen-bond acceptors (Lipinski definition) is 5. The summed E-state index contributed by atoms with van der Waals surface area (Å²) in [5, 5.41) is 13.0. The van der Waals surface area contributed by atoms with Crippen LogP contribution in [0.2, 0.25) is 0 Å². The van der Waals surface area contributed by atoms with Gasteiger partial charge in [0.2, 0.25) is 0 Å². The number of methoxy groups -OCH3 is 1. The van der Waals surface area contributed by atoms with Gasteiger partial charge in [0.25, 0.3) is 0 Å². The second-order valence-electron chi connectivity index (χ2n) is 4.08. The molecule has 2 rings (SSSR count). The second kappa shape index (κ2) is 5.04. The smallest absolute Gasteiger partial charge is 0.356 e. The van der Waals surface area contributed by atoms with Gasteiger partial charge >= 0.3 is 11.9 Å². The summed E-state index contributed by atoms with van der Waals surface area (Å²) in [5.74, 6) is -1.56. The summed E-state index contributed by atoms with van der Waals surface area (Å²) in [4.78, 5) is 22.8. The van der Waals surface area contributed by atoms with Crippen molar-refractivity contribution in [2.45, 2.75) is 6.92 Å². The minimum atomic E-state index is -1.18. The Bertz CT molecular complexity index is 691. The van der Waals surface area contributed by atoms with Gasteiger partial charge in [-0.15, -0.1) is 0 Å². The lowest BCUT2D eigenvalue weighted by molar-refractivity contribution is 0.0600. The number of para-hydroxylation sites is 1. The molecule has 7 heteroatoms. The monoisotopic (exact) mass is 275 g/mol. The minimum Gasteiger partial charge on any atom is -0.476 e. The van der Waals surface area contributed by atoms with Crippen LogP contribution >= 0.6 is 0 Å². The maximum absolute atomic E-state index is 11.7. The fourth-order valence-electron chi connectivity index (χ4n) is 1.84. The zero-order chi connectivity index (χ0) is 14.9. The van der Waals surface area contributed by atoms with Crippen molar-refractivity contribution in [1.82, 2.24) is 9.78 Å². The van der Waals surface area contributed by atoms with Gasteiger partial charge in [0, 0.05) is 5.56 Å². The zero-order valence-electron chi connectivity index (χ0n) is 11.0. The molecule has 0 atom stereocenters. The molecule has 7 nitrogen and oxygen atoms in total. The number of nitrogens with zero attached hydrogens (tertiary/aromatic N) is 2. The summed E-state index contributed by atoms with van der Waals surface area (Å²) in [6.07, 6.45) is 0. The molecule has 1 aromatic heterocycles. The van der Waals surface area contributed by atoms with Crippen molar-refractivity contribution in [1.29, 1.82) is 0 Å². The molecule has 0 saturated heterocycles. The zero-order valence-corrected chi connectivity index (χ0v) is 11.0. The Morgan fingerprint density at radius 3 is 2.55 bits per heavy atom. The van der Waals surface area contributed by atoms with E-state index in [0.717, 1.165) is 0 Å². The lowest BCUT2D eigenvalue weighted by Gasteiger charge is -2.09. The first-order valence-corrected chi connectivity index (χ1v) is 5.73.